The lowest BCUT2D eigenvalue weighted by molar-refractivity contribution is -0.0295. The van der Waals surface area contributed by atoms with Crippen molar-refractivity contribution in [2.45, 2.75) is 64.0 Å². The number of ether oxygens (including phenoxy) is 1. The Morgan fingerprint density at radius 1 is 1.28 bits per heavy atom. The van der Waals surface area contributed by atoms with Gasteiger partial charge in [0.1, 0.15) is 5.01 Å². The zero-order valence-electron chi connectivity index (χ0n) is 16.8. The number of carbonyl (C=O) groups is 1. The van der Waals surface area contributed by atoms with E-state index >= 15 is 0 Å². The Bertz CT molecular complexity index is 1030. The van der Waals surface area contributed by atoms with Crippen molar-refractivity contribution in [3.63, 3.8) is 0 Å². The van der Waals surface area contributed by atoms with E-state index in [-0.39, 0.29) is 5.54 Å². The van der Waals surface area contributed by atoms with E-state index in [2.05, 4.69) is 37.3 Å². The van der Waals surface area contributed by atoms with Gasteiger partial charge in [-0.2, -0.15) is 0 Å². The number of nitrogens with one attached hydrogen (secondary N) is 2. The van der Waals surface area contributed by atoms with Crippen LogP contribution in [-0.4, -0.2) is 26.6 Å². The second-order valence-corrected chi connectivity index (χ2v) is 11.0. The highest BCUT2D eigenvalue weighted by molar-refractivity contribution is 9.11. The fraction of sp³-hybridized carbons (Fsp3) is 0.476. The monoisotopic (exact) mass is 476 g/mol. The van der Waals surface area contributed by atoms with Gasteiger partial charge in [-0.1, -0.05) is 6.42 Å². The van der Waals surface area contributed by atoms with E-state index in [4.69, 9.17) is 9.72 Å². The summed E-state index contributed by atoms with van der Waals surface area (Å²) >= 11 is 5.06. The molecule has 1 aliphatic carbocycles. The van der Waals surface area contributed by atoms with E-state index in [1.165, 1.54) is 0 Å². The molecule has 0 bridgehead atoms. The highest BCUT2D eigenvalue weighted by Crippen LogP contribution is 2.40. The van der Waals surface area contributed by atoms with Gasteiger partial charge in [0.15, 0.2) is 11.4 Å². The normalized spacial score (nSPS) is 16.7. The lowest BCUT2D eigenvalue weighted by atomic mass is 9.84. The molecule has 1 amide bonds. The molecule has 0 saturated heterocycles. The fourth-order valence-corrected chi connectivity index (χ4v) is 4.97. The molecule has 1 aliphatic rings. The van der Waals surface area contributed by atoms with Gasteiger partial charge in [-0.15, -0.1) is 11.3 Å². The van der Waals surface area contributed by atoms with Crippen LogP contribution in [0.2, 0.25) is 0 Å². The van der Waals surface area contributed by atoms with Crippen molar-refractivity contribution < 1.29 is 9.53 Å². The topological polar surface area (TPSA) is 79.9 Å². The van der Waals surface area contributed by atoms with Gasteiger partial charge < -0.3 is 15.0 Å². The molecule has 1 fully saturated rings. The number of benzene rings is 1. The molecule has 6 nitrogen and oxygen atoms in total. The fourth-order valence-electron chi connectivity index (χ4n) is 3.77. The van der Waals surface area contributed by atoms with E-state index < -0.39 is 11.7 Å². The van der Waals surface area contributed by atoms with Crippen molar-refractivity contribution in [3.05, 3.63) is 34.0 Å². The van der Waals surface area contributed by atoms with Crippen molar-refractivity contribution in [3.8, 4) is 10.6 Å². The van der Waals surface area contributed by atoms with E-state index in [0.29, 0.717) is 0 Å². The van der Waals surface area contributed by atoms with Crippen molar-refractivity contribution in [2.24, 2.45) is 0 Å². The maximum Gasteiger partial charge on any atom is 0.408 e. The molecule has 0 unspecified atom stereocenters. The quantitative estimate of drug-likeness (QED) is 0.476. The van der Waals surface area contributed by atoms with Crippen LogP contribution in [0.5, 0.6) is 0 Å². The number of carbonyl (C=O) groups excluding carboxylic acids is 1. The third-order valence-electron chi connectivity index (χ3n) is 5.06. The molecule has 2 aromatic heterocycles. The minimum Gasteiger partial charge on any atom is -0.435 e. The van der Waals surface area contributed by atoms with Crippen LogP contribution in [0.1, 0.15) is 58.7 Å². The maximum atomic E-state index is 12.6. The Kier molecular flexibility index (Phi) is 5.42. The van der Waals surface area contributed by atoms with Crippen molar-refractivity contribution in [2.75, 3.05) is 0 Å². The maximum absolute atomic E-state index is 12.6. The van der Waals surface area contributed by atoms with E-state index in [1.54, 1.807) is 17.5 Å². The number of rotatable bonds is 3. The van der Waals surface area contributed by atoms with E-state index in [1.807, 2.05) is 32.9 Å². The first-order valence-corrected chi connectivity index (χ1v) is 11.5. The number of H-pyrrole nitrogens is 1. The van der Waals surface area contributed by atoms with Crippen LogP contribution in [0.15, 0.2) is 28.2 Å². The van der Waals surface area contributed by atoms with Crippen LogP contribution >= 0.6 is 27.3 Å². The molecule has 0 atom stereocenters. The summed E-state index contributed by atoms with van der Waals surface area (Å²) in [5.74, 6) is 0.730. The number of nitrogens with zero attached hydrogens (tertiary/aromatic N) is 2. The molecule has 29 heavy (non-hydrogen) atoms. The summed E-state index contributed by atoms with van der Waals surface area (Å²) in [5.41, 5.74) is 1.76. The van der Waals surface area contributed by atoms with Crippen LogP contribution in [0, 0.1) is 0 Å². The molecule has 2 heterocycles. The van der Waals surface area contributed by atoms with Gasteiger partial charge in [0.2, 0.25) is 0 Å². The first kappa shape index (κ1) is 20.3. The minimum absolute atomic E-state index is 0.350. The Balaban J connectivity index is 1.68. The number of amides is 1. The summed E-state index contributed by atoms with van der Waals surface area (Å²) in [5, 5.41) is 3.86. The summed E-state index contributed by atoms with van der Waals surface area (Å²) in [7, 11) is 0. The predicted molar refractivity (Wildman–Crippen MR) is 119 cm³/mol. The Hall–Kier alpha value is -1.93. The van der Waals surface area contributed by atoms with Crippen LogP contribution in [-0.2, 0) is 10.3 Å². The van der Waals surface area contributed by atoms with Crippen LogP contribution < -0.4 is 5.32 Å². The standard InChI is InChI=1S/C21H25BrN4O2S/c1-20(2,3)26-19(27)28-21(9-5-4-6-10-21)18-24-14-8-7-13(11-15(14)25-18)17-23-12-16(22)29-17/h7-8,11-12H,4-6,9-10H2,1-3H3,(H,24,25)(H,26,27). The number of halogens is 1. The lowest BCUT2D eigenvalue weighted by Crippen LogP contribution is -2.46. The molecular weight excluding hydrogens is 452 g/mol. The van der Waals surface area contributed by atoms with Gasteiger partial charge in [-0.25, -0.2) is 14.8 Å². The SMILES string of the molecule is CC(C)(C)NC(=O)OC1(c2nc3ccc(-c4ncc(Br)s4)cc3[nH]2)CCCCC1. The molecule has 8 heteroatoms. The highest BCUT2D eigenvalue weighted by Gasteiger charge is 2.41. The van der Waals surface area contributed by atoms with E-state index in [0.717, 1.165) is 63.3 Å². The Morgan fingerprint density at radius 2 is 2.03 bits per heavy atom. The summed E-state index contributed by atoms with van der Waals surface area (Å²) in [6.45, 7) is 5.84. The zero-order valence-corrected chi connectivity index (χ0v) is 19.2. The average molecular weight is 477 g/mol. The lowest BCUT2D eigenvalue weighted by Gasteiger charge is -2.36. The van der Waals surface area contributed by atoms with Gasteiger partial charge in [-0.05, 0) is 80.6 Å². The molecule has 1 saturated carbocycles. The molecule has 0 aliphatic heterocycles. The molecular formula is C21H25BrN4O2S. The molecule has 4 rings (SSSR count). The number of hydrogen-bond donors (Lipinski definition) is 2. The van der Waals surface area contributed by atoms with Crippen LogP contribution in [0.3, 0.4) is 0 Å². The summed E-state index contributed by atoms with van der Waals surface area (Å²) in [6.07, 6.45) is 6.13. The number of thiazole rings is 1. The van der Waals surface area contributed by atoms with Gasteiger partial charge in [0.05, 0.1) is 21.0 Å². The molecule has 2 N–H and O–H groups in total. The Labute approximate surface area is 182 Å². The molecule has 0 radical (unpaired) electrons. The van der Waals surface area contributed by atoms with E-state index in [9.17, 15) is 4.79 Å². The highest BCUT2D eigenvalue weighted by atomic mass is 79.9. The van der Waals surface area contributed by atoms with Gasteiger partial charge in [0, 0.05) is 11.1 Å². The number of aromatic nitrogens is 3. The number of fused-ring (bicyclic) bond motifs is 1. The predicted octanol–water partition coefficient (Wildman–Crippen LogP) is 6.13. The van der Waals surface area contributed by atoms with Crippen LogP contribution in [0.4, 0.5) is 4.79 Å². The number of hydrogen-bond acceptors (Lipinski definition) is 5. The minimum atomic E-state index is -0.711. The largest absolute Gasteiger partial charge is 0.435 e. The number of imidazole rings is 1. The first-order valence-electron chi connectivity index (χ1n) is 9.87. The molecule has 0 spiro atoms. The zero-order chi connectivity index (χ0) is 20.6. The summed E-state index contributed by atoms with van der Waals surface area (Å²) in [4.78, 5) is 25.3. The molecule has 154 valence electrons. The Morgan fingerprint density at radius 3 is 2.69 bits per heavy atom. The van der Waals surface area contributed by atoms with Crippen molar-refractivity contribution >= 4 is 44.4 Å². The van der Waals surface area contributed by atoms with Crippen molar-refractivity contribution in [1.82, 2.24) is 20.3 Å². The molecule has 1 aromatic carbocycles. The summed E-state index contributed by atoms with van der Waals surface area (Å²) in [6, 6.07) is 6.08. The number of aromatic amines is 1. The van der Waals surface area contributed by atoms with Gasteiger partial charge in [0.25, 0.3) is 0 Å². The van der Waals surface area contributed by atoms with Crippen LogP contribution in [0.25, 0.3) is 21.6 Å². The van der Waals surface area contributed by atoms with Gasteiger partial charge in [-0.3, -0.25) is 0 Å². The third-order valence-corrected chi connectivity index (χ3v) is 6.59. The second-order valence-electron chi connectivity index (χ2n) is 8.61. The second kappa shape index (κ2) is 7.72. The smallest absolute Gasteiger partial charge is 0.408 e. The first-order chi connectivity index (χ1) is 13.7. The summed E-state index contributed by atoms with van der Waals surface area (Å²) < 4.78 is 7.03. The third kappa shape index (κ3) is 4.48. The van der Waals surface area contributed by atoms with Gasteiger partial charge >= 0.3 is 6.09 Å². The number of alkyl carbamates (subject to hydrolysis) is 1. The van der Waals surface area contributed by atoms with Crippen molar-refractivity contribution in [1.29, 1.82) is 0 Å². The average Bonchev–Trinajstić information content (AvgIpc) is 3.26. The molecule has 3 aromatic rings.